The van der Waals surface area contributed by atoms with Gasteiger partial charge in [0.05, 0.1) is 13.1 Å². The van der Waals surface area contributed by atoms with Gasteiger partial charge in [-0.3, -0.25) is 0 Å². The minimum atomic E-state index is -0.209. The van der Waals surface area contributed by atoms with Crippen molar-refractivity contribution in [3.63, 3.8) is 0 Å². The molecule has 110 valence electrons. The monoisotopic (exact) mass is 300 g/mol. The molecule has 8 heteroatoms. The van der Waals surface area contributed by atoms with Crippen molar-refractivity contribution in [3.8, 4) is 0 Å². The van der Waals surface area contributed by atoms with Gasteiger partial charge in [0.2, 0.25) is 0 Å². The minimum Gasteiger partial charge on any atom is -0.355 e. The number of rotatable bonds is 11. The number of hydrogen-bond donors (Lipinski definition) is 0. The molecule has 0 aliphatic rings. The molecular weight excluding hydrogens is 276 g/mol. The molecule has 0 amide bonds. The molecule has 0 rings (SSSR count). The van der Waals surface area contributed by atoms with Gasteiger partial charge in [0.1, 0.15) is 0 Å². The molecule has 0 aromatic carbocycles. The molecule has 0 saturated heterocycles. The van der Waals surface area contributed by atoms with Crippen LogP contribution in [0.3, 0.4) is 0 Å². The number of hydrogen-bond acceptors (Lipinski definition) is 8. The van der Waals surface area contributed by atoms with Gasteiger partial charge in [-0.2, -0.15) is 0 Å². The van der Waals surface area contributed by atoms with Gasteiger partial charge >= 0.3 is 0 Å². The van der Waals surface area contributed by atoms with E-state index in [2.05, 4.69) is 0 Å². The van der Waals surface area contributed by atoms with Gasteiger partial charge < -0.3 is 18.9 Å². The van der Waals surface area contributed by atoms with Crippen molar-refractivity contribution >= 4 is 22.0 Å². The third-order valence-electron chi connectivity index (χ3n) is 2.15. The highest BCUT2D eigenvalue weighted by Crippen LogP contribution is 2.27. The summed E-state index contributed by atoms with van der Waals surface area (Å²) in [5.41, 5.74) is 0. The molecule has 0 aromatic rings. The summed E-state index contributed by atoms with van der Waals surface area (Å²) in [5, 5.41) is 0. The Morgan fingerprint density at radius 3 is 1.22 bits per heavy atom. The maximum absolute atomic E-state index is 5.14. The Bertz CT molecular complexity index is 175. The van der Waals surface area contributed by atoms with Gasteiger partial charge in [0.15, 0.2) is 12.6 Å². The molecule has 0 radical (unpaired) electrons. The van der Waals surface area contributed by atoms with Crippen LogP contribution in [-0.4, -0.2) is 76.8 Å². The smallest absolute Gasteiger partial charge is 0.170 e. The van der Waals surface area contributed by atoms with Crippen LogP contribution in [-0.2, 0) is 18.9 Å². The van der Waals surface area contributed by atoms with Crippen LogP contribution >= 0.6 is 22.0 Å². The van der Waals surface area contributed by atoms with Crippen LogP contribution in [0, 0.1) is 0 Å². The van der Waals surface area contributed by atoms with Crippen LogP contribution < -0.4 is 0 Å². The van der Waals surface area contributed by atoms with Crippen molar-refractivity contribution in [2.45, 2.75) is 12.6 Å². The van der Waals surface area contributed by atoms with Crippen molar-refractivity contribution in [1.82, 2.24) is 8.61 Å². The quantitative estimate of drug-likeness (QED) is 0.321. The maximum atomic E-state index is 5.14. The first-order valence-corrected chi connectivity index (χ1v) is 7.51. The summed E-state index contributed by atoms with van der Waals surface area (Å²) in [6.45, 7) is 1.38. The zero-order valence-corrected chi connectivity index (χ0v) is 13.5. The minimum absolute atomic E-state index is 0.209. The van der Waals surface area contributed by atoms with Crippen molar-refractivity contribution < 1.29 is 18.9 Å². The molecule has 0 fully saturated rings. The first kappa shape index (κ1) is 18.5. The molecule has 0 saturated carbocycles. The van der Waals surface area contributed by atoms with Gasteiger partial charge in [-0.05, 0) is 14.1 Å². The van der Waals surface area contributed by atoms with E-state index in [9.17, 15) is 0 Å². The average Bonchev–Trinajstić information content (AvgIpc) is 2.39. The fourth-order valence-corrected chi connectivity index (χ4v) is 2.73. The zero-order chi connectivity index (χ0) is 14.0. The highest BCUT2D eigenvalue weighted by molar-refractivity contribution is 8.74. The van der Waals surface area contributed by atoms with E-state index < -0.39 is 0 Å². The third kappa shape index (κ3) is 8.54. The van der Waals surface area contributed by atoms with Gasteiger partial charge in [0.25, 0.3) is 0 Å². The topological polar surface area (TPSA) is 43.4 Å². The normalized spacial score (nSPS) is 12.3. The van der Waals surface area contributed by atoms with Crippen molar-refractivity contribution in [2.24, 2.45) is 0 Å². The van der Waals surface area contributed by atoms with Gasteiger partial charge in [-0.25, -0.2) is 8.61 Å². The molecule has 0 unspecified atom stereocenters. The van der Waals surface area contributed by atoms with Crippen LogP contribution in [0.25, 0.3) is 0 Å². The van der Waals surface area contributed by atoms with E-state index in [0.29, 0.717) is 13.1 Å². The Labute approximate surface area is 118 Å². The van der Waals surface area contributed by atoms with Crippen LogP contribution in [0.1, 0.15) is 0 Å². The van der Waals surface area contributed by atoms with Crippen LogP contribution in [0.4, 0.5) is 0 Å². The highest BCUT2D eigenvalue weighted by Gasteiger charge is 2.13. The molecule has 0 heterocycles. The van der Waals surface area contributed by atoms with Crippen LogP contribution in [0.2, 0.25) is 0 Å². The predicted molar refractivity (Wildman–Crippen MR) is 76.1 cm³/mol. The maximum Gasteiger partial charge on any atom is 0.170 e. The van der Waals surface area contributed by atoms with E-state index in [4.69, 9.17) is 18.9 Å². The van der Waals surface area contributed by atoms with Crippen molar-refractivity contribution in [1.29, 1.82) is 0 Å². The third-order valence-corrected chi connectivity index (χ3v) is 4.75. The Kier molecular flexibility index (Phi) is 11.6. The molecule has 0 aromatic heterocycles. The van der Waals surface area contributed by atoms with E-state index in [0.717, 1.165) is 0 Å². The number of ether oxygens (including phenoxy) is 4. The first-order valence-electron chi connectivity index (χ1n) is 5.45. The predicted octanol–water partition coefficient (Wildman–Crippen LogP) is 1.30. The zero-order valence-electron chi connectivity index (χ0n) is 11.9. The van der Waals surface area contributed by atoms with E-state index >= 15 is 0 Å². The van der Waals surface area contributed by atoms with E-state index in [1.165, 1.54) is 0 Å². The molecule has 0 spiro atoms. The van der Waals surface area contributed by atoms with E-state index in [1.807, 2.05) is 22.7 Å². The summed E-state index contributed by atoms with van der Waals surface area (Å²) in [7, 11) is 13.7. The molecule has 0 aliphatic carbocycles. The molecule has 0 N–H and O–H groups in total. The van der Waals surface area contributed by atoms with Gasteiger partial charge in [-0.15, -0.1) is 0 Å². The average molecular weight is 300 g/mol. The van der Waals surface area contributed by atoms with Crippen molar-refractivity contribution in [2.75, 3.05) is 55.6 Å². The second-order valence-corrected chi connectivity index (χ2v) is 6.01. The molecule has 0 bridgehead atoms. The Hall–Kier alpha value is 0.460. The molecule has 0 aliphatic heterocycles. The number of methoxy groups -OCH3 is 4. The Morgan fingerprint density at radius 1 is 0.722 bits per heavy atom. The SMILES string of the molecule is COC(CN(C)SSN(C)CC(OC)OC)OC. The fourth-order valence-electron chi connectivity index (χ4n) is 1.09. The molecular formula is C10H24N2O4S2. The summed E-state index contributed by atoms with van der Waals surface area (Å²) in [6, 6.07) is 0. The summed E-state index contributed by atoms with van der Waals surface area (Å²) in [4.78, 5) is 0. The second kappa shape index (κ2) is 11.3. The Morgan fingerprint density at radius 2 is 1.00 bits per heavy atom. The first-order chi connectivity index (χ1) is 8.57. The molecule has 6 nitrogen and oxygen atoms in total. The van der Waals surface area contributed by atoms with Gasteiger partial charge in [-0.1, -0.05) is 0 Å². The summed E-state index contributed by atoms with van der Waals surface area (Å²) in [6.07, 6.45) is -0.418. The lowest BCUT2D eigenvalue weighted by molar-refractivity contribution is -0.106. The lowest BCUT2D eigenvalue weighted by Crippen LogP contribution is -2.29. The number of likely N-dealkylation sites (N-methyl/N-ethyl adjacent to an activating group) is 2. The largest absolute Gasteiger partial charge is 0.355 e. The highest BCUT2D eigenvalue weighted by atomic mass is 33.1. The molecule has 18 heavy (non-hydrogen) atoms. The second-order valence-electron chi connectivity index (χ2n) is 3.57. The summed E-state index contributed by atoms with van der Waals surface area (Å²) >= 11 is 0. The van der Waals surface area contributed by atoms with E-state index in [1.54, 1.807) is 50.4 Å². The lowest BCUT2D eigenvalue weighted by atomic mass is 10.6. The Balaban J connectivity index is 3.79. The van der Waals surface area contributed by atoms with Crippen LogP contribution in [0.5, 0.6) is 0 Å². The van der Waals surface area contributed by atoms with Crippen molar-refractivity contribution in [3.05, 3.63) is 0 Å². The lowest BCUT2D eigenvalue weighted by Gasteiger charge is -2.24. The standard InChI is InChI=1S/C10H24N2O4S2/c1-11(7-9(13-3)14-4)17-18-12(2)8-10(15-5)16-6/h9-10H,7-8H2,1-6H3. The summed E-state index contributed by atoms with van der Waals surface area (Å²) in [5.74, 6) is 0. The van der Waals surface area contributed by atoms with E-state index in [-0.39, 0.29) is 12.6 Å². The van der Waals surface area contributed by atoms with Gasteiger partial charge in [0, 0.05) is 50.4 Å². The summed E-state index contributed by atoms with van der Waals surface area (Å²) < 4.78 is 24.6. The molecule has 0 atom stereocenters. The number of nitrogens with zero attached hydrogens (tertiary/aromatic N) is 2. The van der Waals surface area contributed by atoms with Crippen LogP contribution in [0.15, 0.2) is 0 Å². The fraction of sp³-hybridized carbons (Fsp3) is 1.00.